The standard InChI is InChI=1S/C21H20BrN3O4S/c1-2-10-24(12-14-7-8-17(22)30-14)18(26)13-25-19(27)21(23-20(25)28)9-11-29-16-6-4-3-5-15(16)21/h2-8H,1,9-13H2,(H,23,28). The summed E-state index contributed by atoms with van der Waals surface area (Å²) in [5, 5.41) is 2.82. The highest BCUT2D eigenvalue weighted by Crippen LogP contribution is 2.40. The lowest BCUT2D eigenvalue weighted by Crippen LogP contribution is -2.48. The monoisotopic (exact) mass is 489 g/mol. The normalized spacial score (nSPS) is 20.0. The summed E-state index contributed by atoms with van der Waals surface area (Å²) >= 11 is 4.95. The summed E-state index contributed by atoms with van der Waals surface area (Å²) in [6, 6.07) is 10.4. The zero-order valence-electron chi connectivity index (χ0n) is 16.1. The fourth-order valence-electron chi connectivity index (χ4n) is 3.79. The molecule has 2 aromatic rings. The molecule has 156 valence electrons. The Morgan fingerprint density at radius 1 is 1.33 bits per heavy atom. The van der Waals surface area contributed by atoms with Crippen LogP contribution in [0.25, 0.3) is 0 Å². The molecular formula is C21H20BrN3O4S. The second kappa shape index (κ2) is 8.23. The van der Waals surface area contributed by atoms with Gasteiger partial charge in [-0.1, -0.05) is 24.3 Å². The average Bonchev–Trinajstić information content (AvgIpc) is 3.24. The summed E-state index contributed by atoms with van der Waals surface area (Å²) in [4.78, 5) is 42.6. The lowest BCUT2D eigenvalue weighted by molar-refractivity contribution is -0.139. The van der Waals surface area contributed by atoms with Crippen molar-refractivity contribution in [2.75, 3.05) is 19.7 Å². The van der Waals surface area contributed by atoms with Gasteiger partial charge in [0.2, 0.25) is 5.91 Å². The number of thiophene rings is 1. The number of nitrogens with zero attached hydrogens (tertiary/aromatic N) is 2. The van der Waals surface area contributed by atoms with Crippen LogP contribution in [0.1, 0.15) is 16.9 Å². The molecule has 0 saturated carbocycles. The van der Waals surface area contributed by atoms with Crippen molar-refractivity contribution in [3.8, 4) is 5.75 Å². The molecule has 2 aliphatic rings. The number of para-hydroxylation sites is 1. The molecule has 4 amide bonds. The number of nitrogens with one attached hydrogen (secondary N) is 1. The van der Waals surface area contributed by atoms with E-state index < -0.39 is 17.5 Å². The van der Waals surface area contributed by atoms with Gasteiger partial charge in [0.05, 0.1) is 16.9 Å². The number of halogens is 1. The predicted octanol–water partition coefficient (Wildman–Crippen LogP) is 3.26. The lowest BCUT2D eigenvalue weighted by atomic mass is 9.84. The Kier molecular flexibility index (Phi) is 5.66. The van der Waals surface area contributed by atoms with Crippen LogP contribution in [0.2, 0.25) is 0 Å². The van der Waals surface area contributed by atoms with Gasteiger partial charge in [0.1, 0.15) is 12.3 Å². The molecule has 1 N–H and O–H groups in total. The maximum atomic E-state index is 13.3. The molecule has 0 aliphatic carbocycles. The Morgan fingerprint density at radius 3 is 2.87 bits per heavy atom. The van der Waals surface area contributed by atoms with Crippen LogP contribution in [0.5, 0.6) is 5.75 Å². The third-order valence-corrected chi connectivity index (χ3v) is 6.84. The van der Waals surface area contributed by atoms with Crippen molar-refractivity contribution in [1.82, 2.24) is 15.1 Å². The van der Waals surface area contributed by atoms with Crippen LogP contribution in [-0.2, 0) is 21.7 Å². The van der Waals surface area contributed by atoms with Crippen LogP contribution in [0.15, 0.2) is 52.8 Å². The van der Waals surface area contributed by atoms with Crippen LogP contribution in [0, 0.1) is 0 Å². The molecule has 1 fully saturated rings. The predicted molar refractivity (Wildman–Crippen MR) is 116 cm³/mol. The van der Waals surface area contributed by atoms with Crippen LogP contribution >= 0.6 is 27.3 Å². The molecule has 4 rings (SSSR count). The molecule has 7 nitrogen and oxygen atoms in total. The molecule has 1 aromatic carbocycles. The minimum atomic E-state index is -1.19. The molecule has 0 radical (unpaired) electrons. The van der Waals surface area contributed by atoms with Crippen molar-refractivity contribution in [3.05, 3.63) is 63.3 Å². The van der Waals surface area contributed by atoms with Crippen molar-refractivity contribution in [3.63, 3.8) is 0 Å². The highest BCUT2D eigenvalue weighted by Gasteiger charge is 2.55. The summed E-state index contributed by atoms with van der Waals surface area (Å²) in [5.74, 6) is -0.170. The summed E-state index contributed by atoms with van der Waals surface area (Å²) < 4.78 is 6.61. The quantitative estimate of drug-likeness (QED) is 0.498. The number of fused-ring (bicyclic) bond motifs is 2. The highest BCUT2D eigenvalue weighted by atomic mass is 79.9. The molecule has 1 aromatic heterocycles. The molecule has 9 heteroatoms. The van der Waals surface area contributed by atoms with Crippen LogP contribution < -0.4 is 10.1 Å². The van der Waals surface area contributed by atoms with E-state index in [-0.39, 0.29) is 12.5 Å². The van der Waals surface area contributed by atoms with Gasteiger partial charge in [-0.2, -0.15) is 0 Å². The van der Waals surface area contributed by atoms with E-state index in [1.165, 1.54) is 11.3 Å². The van der Waals surface area contributed by atoms with Crippen molar-refractivity contribution >= 4 is 45.1 Å². The summed E-state index contributed by atoms with van der Waals surface area (Å²) in [7, 11) is 0. The van der Waals surface area contributed by atoms with Crippen molar-refractivity contribution in [2.45, 2.75) is 18.5 Å². The number of imide groups is 1. The van der Waals surface area contributed by atoms with E-state index in [2.05, 4.69) is 27.8 Å². The second-order valence-corrected chi connectivity index (χ2v) is 9.64. The van der Waals surface area contributed by atoms with E-state index in [0.29, 0.717) is 37.4 Å². The SMILES string of the molecule is C=CCN(Cc1ccc(Br)s1)C(=O)CN1C(=O)NC2(CCOc3ccccc32)C1=O. The fourth-order valence-corrected chi connectivity index (χ4v) is 5.28. The van der Waals surface area contributed by atoms with Crippen LogP contribution in [0.3, 0.4) is 0 Å². The van der Waals surface area contributed by atoms with Gasteiger partial charge in [0, 0.05) is 23.4 Å². The Bertz CT molecular complexity index is 1020. The average molecular weight is 490 g/mol. The third kappa shape index (κ3) is 3.63. The Morgan fingerprint density at radius 2 is 2.13 bits per heavy atom. The number of hydrogen-bond acceptors (Lipinski definition) is 5. The largest absolute Gasteiger partial charge is 0.493 e. The number of urea groups is 1. The Hall–Kier alpha value is -2.65. The first-order valence-corrected chi connectivity index (χ1v) is 11.0. The van der Waals surface area contributed by atoms with Gasteiger partial charge >= 0.3 is 6.03 Å². The van der Waals surface area contributed by atoms with Gasteiger partial charge in [0.15, 0.2) is 5.54 Å². The molecule has 3 heterocycles. The Balaban J connectivity index is 1.54. The van der Waals surface area contributed by atoms with Crippen molar-refractivity contribution in [2.24, 2.45) is 0 Å². The third-order valence-electron chi connectivity index (χ3n) is 5.23. The van der Waals surface area contributed by atoms with Crippen LogP contribution in [0.4, 0.5) is 4.79 Å². The van der Waals surface area contributed by atoms with Gasteiger partial charge in [-0.15, -0.1) is 17.9 Å². The molecule has 1 saturated heterocycles. The maximum absolute atomic E-state index is 13.3. The van der Waals surface area contributed by atoms with E-state index in [4.69, 9.17) is 4.74 Å². The first kappa shape index (κ1) is 20.6. The maximum Gasteiger partial charge on any atom is 0.325 e. The van der Waals surface area contributed by atoms with Gasteiger partial charge in [-0.05, 0) is 34.1 Å². The van der Waals surface area contributed by atoms with Crippen molar-refractivity contribution in [1.29, 1.82) is 0 Å². The fraction of sp³-hybridized carbons (Fsp3) is 0.286. The number of ether oxygens (including phenoxy) is 1. The number of hydrogen-bond donors (Lipinski definition) is 1. The number of carbonyl (C=O) groups is 3. The van der Waals surface area contributed by atoms with E-state index in [1.54, 1.807) is 29.2 Å². The van der Waals surface area contributed by atoms with Crippen molar-refractivity contribution < 1.29 is 19.1 Å². The Labute approximate surface area is 186 Å². The first-order valence-electron chi connectivity index (χ1n) is 9.44. The molecule has 2 aliphatic heterocycles. The number of carbonyl (C=O) groups excluding carboxylic acids is 3. The summed E-state index contributed by atoms with van der Waals surface area (Å²) in [6.45, 7) is 4.39. The highest BCUT2D eigenvalue weighted by molar-refractivity contribution is 9.11. The van der Waals surface area contributed by atoms with E-state index in [9.17, 15) is 14.4 Å². The smallest absolute Gasteiger partial charge is 0.325 e. The number of rotatable bonds is 6. The van der Waals surface area contributed by atoms with Gasteiger partial charge in [0.25, 0.3) is 5.91 Å². The first-order chi connectivity index (χ1) is 14.4. The summed E-state index contributed by atoms with van der Waals surface area (Å²) in [5.41, 5.74) is -0.565. The summed E-state index contributed by atoms with van der Waals surface area (Å²) in [6.07, 6.45) is 1.95. The van der Waals surface area contributed by atoms with E-state index >= 15 is 0 Å². The molecule has 30 heavy (non-hydrogen) atoms. The molecule has 1 spiro atoms. The molecule has 0 bridgehead atoms. The molecular weight excluding hydrogens is 470 g/mol. The second-order valence-electron chi connectivity index (χ2n) is 7.09. The minimum Gasteiger partial charge on any atom is -0.493 e. The van der Waals surface area contributed by atoms with Crippen LogP contribution in [-0.4, -0.2) is 47.3 Å². The van der Waals surface area contributed by atoms with Gasteiger partial charge < -0.3 is 15.0 Å². The topological polar surface area (TPSA) is 79.0 Å². The number of amides is 4. The minimum absolute atomic E-state index is 0.306. The van der Waals surface area contributed by atoms with Gasteiger partial charge in [-0.25, -0.2) is 4.79 Å². The lowest BCUT2D eigenvalue weighted by Gasteiger charge is -2.33. The zero-order chi connectivity index (χ0) is 21.3. The molecule has 1 atom stereocenters. The van der Waals surface area contributed by atoms with E-state index in [0.717, 1.165) is 13.6 Å². The number of benzene rings is 1. The zero-order valence-corrected chi connectivity index (χ0v) is 18.5. The van der Waals surface area contributed by atoms with Gasteiger partial charge in [-0.3, -0.25) is 14.5 Å². The van der Waals surface area contributed by atoms with E-state index in [1.807, 2.05) is 18.2 Å². The molecule has 1 unspecified atom stereocenters.